The first-order valence-electron chi connectivity index (χ1n) is 8.76. The lowest BCUT2D eigenvalue weighted by molar-refractivity contribution is -0.131. The first kappa shape index (κ1) is 19.0. The van der Waals surface area contributed by atoms with Crippen molar-refractivity contribution in [2.24, 2.45) is 0 Å². The zero-order valence-corrected chi connectivity index (χ0v) is 15.4. The third-order valence-corrected chi connectivity index (χ3v) is 4.68. The number of hydrogen-bond acceptors (Lipinski definition) is 5. The van der Waals surface area contributed by atoms with Crippen LogP contribution in [0.25, 0.3) is 0 Å². The van der Waals surface area contributed by atoms with Crippen LogP contribution in [0.15, 0.2) is 0 Å². The topological polar surface area (TPSA) is 73.3 Å². The Morgan fingerprint density at radius 1 is 1.00 bits per heavy atom. The van der Waals surface area contributed by atoms with E-state index in [0.717, 1.165) is 26.2 Å². The van der Waals surface area contributed by atoms with Crippen LogP contribution in [0.1, 0.15) is 40.5 Å². The molecule has 0 radical (unpaired) electrons. The van der Waals surface area contributed by atoms with Gasteiger partial charge in [-0.15, -0.1) is 0 Å². The Labute approximate surface area is 144 Å². The molecule has 24 heavy (non-hydrogen) atoms. The summed E-state index contributed by atoms with van der Waals surface area (Å²) in [7, 11) is 0. The molecule has 2 amide bonds. The van der Waals surface area contributed by atoms with Crippen LogP contribution in [0.3, 0.4) is 0 Å². The van der Waals surface area contributed by atoms with Gasteiger partial charge in [-0.3, -0.25) is 9.69 Å². The number of aliphatic hydroxyl groups is 1. The summed E-state index contributed by atoms with van der Waals surface area (Å²) in [6.07, 6.45) is 0.804. The quantitative estimate of drug-likeness (QED) is 0.808. The number of β-amino-alcohol motifs (C(OH)–C–C–N with tert-alkyl or cyclic N) is 1. The lowest BCUT2D eigenvalue weighted by atomic mass is 9.90. The third kappa shape index (κ3) is 5.34. The Bertz CT molecular complexity index is 459. The van der Waals surface area contributed by atoms with Crippen LogP contribution < -0.4 is 0 Å². The van der Waals surface area contributed by atoms with Crippen LogP contribution in [0.2, 0.25) is 0 Å². The van der Waals surface area contributed by atoms with Crippen LogP contribution in [-0.2, 0) is 9.53 Å². The highest BCUT2D eigenvalue weighted by Gasteiger charge is 2.37. The van der Waals surface area contributed by atoms with Crippen LogP contribution >= 0.6 is 0 Å². The molecule has 138 valence electrons. The predicted octanol–water partition coefficient (Wildman–Crippen LogP) is 0.912. The Kier molecular flexibility index (Phi) is 5.75. The number of hydrogen-bond donors (Lipinski definition) is 1. The van der Waals surface area contributed by atoms with E-state index >= 15 is 0 Å². The first-order chi connectivity index (χ1) is 11.1. The highest BCUT2D eigenvalue weighted by Crippen LogP contribution is 2.25. The molecule has 0 aliphatic carbocycles. The zero-order valence-electron chi connectivity index (χ0n) is 15.4. The summed E-state index contributed by atoms with van der Waals surface area (Å²) < 4.78 is 5.39. The molecule has 0 aromatic rings. The molecule has 2 aliphatic heterocycles. The summed E-state index contributed by atoms with van der Waals surface area (Å²) >= 11 is 0. The average Bonchev–Trinajstić information content (AvgIpc) is 2.46. The monoisotopic (exact) mass is 341 g/mol. The van der Waals surface area contributed by atoms with E-state index in [2.05, 4.69) is 4.90 Å². The number of amides is 2. The van der Waals surface area contributed by atoms with Gasteiger partial charge in [0.25, 0.3) is 0 Å². The fourth-order valence-electron chi connectivity index (χ4n) is 3.23. The molecular weight excluding hydrogens is 310 g/mol. The van der Waals surface area contributed by atoms with Crippen molar-refractivity contribution in [1.29, 1.82) is 0 Å². The van der Waals surface area contributed by atoms with Crippen molar-refractivity contribution in [3.8, 4) is 0 Å². The molecule has 0 spiro atoms. The lowest BCUT2D eigenvalue weighted by Crippen LogP contribution is -2.56. The van der Waals surface area contributed by atoms with Crippen molar-refractivity contribution in [2.45, 2.75) is 51.7 Å². The van der Waals surface area contributed by atoms with E-state index in [4.69, 9.17) is 4.74 Å². The number of likely N-dealkylation sites (tertiary alicyclic amines) is 1. The van der Waals surface area contributed by atoms with E-state index in [0.29, 0.717) is 32.5 Å². The van der Waals surface area contributed by atoms with E-state index < -0.39 is 11.2 Å². The molecule has 0 unspecified atom stereocenters. The molecule has 7 nitrogen and oxygen atoms in total. The number of carbonyl (C=O) groups is 2. The van der Waals surface area contributed by atoms with E-state index in [1.54, 1.807) is 11.8 Å². The molecule has 0 aromatic carbocycles. The van der Waals surface area contributed by atoms with E-state index in [1.807, 2.05) is 25.7 Å². The van der Waals surface area contributed by atoms with E-state index in [-0.39, 0.29) is 12.0 Å². The maximum atomic E-state index is 12.1. The summed E-state index contributed by atoms with van der Waals surface area (Å²) in [4.78, 5) is 29.2. The highest BCUT2D eigenvalue weighted by atomic mass is 16.6. The summed E-state index contributed by atoms with van der Waals surface area (Å²) in [5, 5.41) is 10.8. The largest absolute Gasteiger partial charge is 0.444 e. The second kappa shape index (κ2) is 7.27. The Morgan fingerprint density at radius 3 is 2.00 bits per heavy atom. The van der Waals surface area contributed by atoms with Gasteiger partial charge >= 0.3 is 6.09 Å². The van der Waals surface area contributed by atoms with Gasteiger partial charge in [0.05, 0.1) is 5.60 Å². The van der Waals surface area contributed by atoms with Crippen LogP contribution in [0, 0.1) is 0 Å². The van der Waals surface area contributed by atoms with Gasteiger partial charge in [-0.05, 0) is 33.6 Å². The van der Waals surface area contributed by atoms with Crippen molar-refractivity contribution >= 4 is 12.0 Å². The second-order valence-corrected chi connectivity index (χ2v) is 7.97. The third-order valence-electron chi connectivity index (χ3n) is 4.68. The minimum absolute atomic E-state index is 0.110. The number of rotatable bonds is 2. The maximum absolute atomic E-state index is 12.1. The first-order valence-corrected chi connectivity index (χ1v) is 8.76. The molecular formula is C17H31N3O4. The van der Waals surface area contributed by atoms with Gasteiger partial charge in [0.15, 0.2) is 0 Å². The van der Waals surface area contributed by atoms with Crippen LogP contribution in [-0.4, -0.2) is 88.8 Å². The number of nitrogens with zero attached hydrogens (tertiary/aromatic N) is 3. The van der Waals surface area contributed by atoms with Crippen molar-refractivity contribution in [3.63, 3.8) is 0 Å². The van der Waals surface area contributed by atoms with E-state index in [1.165, 1.54) is 0 Å². The fraction of sp³-hybridized carbons (Fsp3) is 0.882. The molecule has 2 fully saturated rings. The average molecular weight is 341 g/mol. The SMILES string of the molecule is CC(=O)N1CCN(CC2(O)CCN(C(=O)OC(C)(C)C)CC2)CC1. The Morgan fingerprint density at radius 2 is 1.54 bits per heavy atom. The molecule has 7 heteroatoms. The summed E-state index contributed by atoms with van der Waals surface area (Å²) in [5.41, 5.74) is -1.27. The van der Waals surface area contributed by atoms with Gasteiger partial charge in [0.1, 0.15) is 5.60 Å². The normalized spacial score (nSPS) is 22.4. The maximum Gasteiger partial charge on any atom is 0.410 e. The minimum Gasteiger partial charge on any atom is -0.444 e. The molecule has 2 heterocycles. The van der Waals surface area contributed by atoms with E-state index in [9.17, 15) is 14.7 Å². The lowest BCUT2D eigenvalue weighted by Gasteiger charge is -2.43. The van der Waals surface area contributed by atoms with Crippen molar-refractivity contribution in [2.75, 3.05) is 45.8 Å². The predicted molar refractivity (Wildman–Crippen MR) is 90.7 cm³/mol. The second-order valence-electron chi connectivity index (χ2n) is 7.97. The van der Waals surface area contributed by atoms with Gasteiger partial charge in [-0.1, -0.05) is 0 Å². The van der Waals surface area contributed by atoms with Gasteiger partial charge in [-0.25, -0.2) is 4.79 Å². The minimum atomic E-state index is -0.767. The molecule has 1 N–H and O–H groups in total. The molecule has 0 saturated carbocycles. The Balaban J connectivity index is 1.78. The summed E-state index contributed by atoms with van der Waals surface area (Å²) in [5.74, 6) is 0.110. The number of carbonyl (C=O) groups excluding carboxylic acids is 2. The molecule has 2 aliphatic rings. The fourth-order valence-corrected chi connectivity index (χ4v) is 3.23. The highest BCUT2D eigenvalue weighted by molar-refractivity contribution is 5.73. The molecule has 0 atom stereocenters. The number of piperidine rings is 1. The van der Waals surface area contributed by atoms with Crippen molar-refractivity contribution < 1.29 is 19.4 Å². The van der Waals surface area contributed by atoms with Gasteiger partial charge in [0, 0.05) is 52.7 Å². The summed E-state index contributed by atoms with van der Waals surface area (Å²) in [6, 6.07) is 0. The molecule has 0 aromatic heterocycles. The van der Waals surface area contributed by atoms with Crippen LogP contribution in [0.4, 0.5) is 4.79 Å². The van der Waals surface area contributed by atoms with Gasteiger partial charge in [0.2, 0.25) is 5.91 Å². The van der Waals surface area contributed by atoms with Crippen molar-refractivity contribution in [1.82, 2.24) is 14.7 Å². The molecule has 2 saturated heterocycles. The van der Waals surface area contributed by atoms with Crippen LogP contribution in [0.5, 0.6) is 0 Å². The zero-order chi connectivity index (χ0) is 18.0. The smallest absolute Gasteiger partial charge is 0.410 e. The summed E-state index contributed by atoms with van der Waals surface area (Å²) in [6.45, 7) is 11.8. The molecule has 2 rings (SSSR count). The Hall–Kier alpha value is -1.34. The number of piperazine rings is 1. The van der Waals surface area contributed by atoms with Gasteiger partial charge < -0.3 is 19.6 Å². The van der Waals surface area contributed by atoms with Gasteiger partial charge in [-0.2, -0.15) is 0 Å². The standard InChI is InChI=1S/C17H31N3O4/c1-14(21)19-11-9-18(10-12-19)13-17(23)5-7-20(8-6-17)15(22)24-16(2,3)4/h23H,5-13H2,1-4H3. The van der Waals surface area contributed by atoms with Crippen molar-refractivity contribution in [3.05, 3.63) is 0 Å². The molecule has 0 bridgehead atoms. The number of ether oxygens (including phenoxy) is 1.